The minimum atomic E-state index is -0.110. The van der Waals surface area contributed by atoms with E-state index < -0.39 is 0 Å². The molecule has 1 aliphatic rings. The predicted molar refractivity (Wildman–Crippen MR) is 105 cm³/mol. The number of aliphatic hydroxyl groups is 1. The average molecular weight is 427 g/mol. The number of halogens is 1. The van der Waals surface area contributed by atoms with E-state index in [9.17, 15) is 9.90 Å². The third kappa shape index (κ3) is 6.26. The van der Waals surface area contributed by atoms with Crippen LogP contribution in [0.5, 0.6) is 0 Å². The highest BCUT2D eigenvalue weighted by molar-refractivity contribution is 9.10. The fourth-order valence-electron chi connectivity index (χ4n) is 2.89. The van der Waals surface area contributed by atoms with Crippen LogP contribution in [-0.4, -0.2) is 63.5 Å². The number of aliphatic hydroxyl groups excluding tert-OH is 1. The highest BCUT2D eigenvalue weighted by atomic mass is 79.9. The Balaban J connectivity index is 1.71. The maximum atomic E-state index is 12.1. The molecule has 1 amide bonds. The summed E-state index contributed by atoms with van der Waals surface area (Å²) >= 11 is 3.36. The van der Waals surface area contributed by atoms with Gasteiger partial charge >= 0.3 is 0 Å². The molecule has 0 bridgehead atoms. The molecular weight excluding hydrogens is 400 g/mol. The van der Waals surface area contributed by atoms with E-state index in [0.29, 0.717) is 44.2 Å². The van der Waals surface area contributed by atoms with E-state index in [1.807, 2.05) is 12.1 Å². The minimum Gasteiger partial charge on any atom is -0.396 e. The van der Waals surface area contributed by atoms with Gasteiger partial charge in [-0.2, -0.15) is 0 Å². The van der Waals surface area contributed by atoms with E-state index in [2.05, 4.69) is 36.9 Å². The van der Waals surface area contributed by atoms with Crippen molar-refractivity contribution in [3.63, 3.8) is 0 Å². The van der Waals surface area contributed by atoms with E-state index in [-0.39, 0.29) is 17.9 Å². The van der Waals surface area contributed by atoms with Crippen LogP contribution in [0, 0.1) is 5.41 Å². The van der Waals surface area contributed by atoms with Gasteiger partial charge in [0.25, 0.3) is 5.91 Å². The fraction of sp³-hybridized carbons (Fsp3) is 0.556. The summed E-state index contributed by atoms with van der Waals surface area (Å²) in [6.07, 6.45) is 1.64. The Kier molecular flexibility index (Phi) is 8.34. The summed E-state index contributed by atoms with van der Waals surface area (Å²) in [7, 11) is 1.71. The first kappa shape index (κ1) is 20.7. The molecule has 2 rings (SSSR count). The molecule has 0 aliphatic carbocycles. The zero-order valence-corrected chi connectivity index (χ0v) is 16.6. The lowest BCUT2D eigenvalue weighted by Crippen LogP contribution is -2.46. The maximum absolute atomic E-state index is 12.1. The Labute approximate surface area is 162 Å². The number of hydrogen-bond acceptors (Lipinski definition) is 4. The molecule has 1 saturated heterocycles. The molecule has 0 aromatic heterocycles. The number of rotatable bonds is 8. The van der Waals surface area contributed by atoms with Gasteiger partial charge in [-0.15, -0.1) is 0 Å². The lowest BCUT2D eigenvalue weighted by molar-refractivity contribution is 0.0954. The molecule has 7 nitrogen and oxygen atoms in total. The van der Waals surface area contributed by atoms with E-state index in [0.717, 1.165) is 17.5 Å². The van der Waals surface area contributed by atoms with Crippen LogP contribution in [0.1, 0.15) is 23.2 Å². The highest BCUT2D eigenvalue weighted by Crippen LogP contribution is 2.31. The average Bonchev–Trinajstić information content (AvgIpc) is 3.10. The van der Waals surface area contributed by atoms with Gasteiger partial charge in [0.2, 0.25) is 0 Å². The second-order valence-corrected chi connectivity index (χ2v) is 7.31. The Morgan fingerprint density at radius 3 is 2.81 bits per heavy atom. The van der Waals surface area contributed by atoms with Crippen LogP contribution in [0.3, 0.4) is 0 Å². The van der Waals surface area contributed by atoms with Gasteiger partial charge in [-0.05, 0) is 31.0 Å². The van der Waals surface area contributed by atoms with E-state index in [1.165, 1.54) is 0 Å². The molecule has 1 fully saturated rings. The SMILES string of the molecule is CN=C(NCCNC(=O)c1cccc(Br)c1)NCC1(CCO)CCOC1. The number of carbonyl (C=O) groups is 1. The lowest BCUT2D eigenvalue weighted by atomic mass is 9.84. The number of guanidine groups is 1. The van der Waals surface area contributed by atoms with Crippen molar-refractivity contribution in [3.8, 4) is 0 Å². The molecule has 8 heteroatoms. The number of hydrogen-bond donors (Lipinski definition) is 4. The summed E-state index contributed by atoms with van der Waals surface area (Å²) in [4.78, 5) is 16.3. The summed E-state index contributed by atoms with van der Waals surface area (Å²) in [6.45, 7) is 3.27. The smallest absolute Gasteiger partial charge is 0.251 e. The van der Waals surface area contributed by atoms with Crippen LogP contribution in [-0.2, 0) is 4.74 Å². The first-order chi connectivity index (χ1) is 12.6. The van der Waals surface area contributed by atoms with Crippen molar-refractivity contribution in [2.24, 2.45) is 10.4 Å². The van der Waals surface area contributed by atoms with Crippen LogP contribution in [0.4, 0.5) is 0 Å². The standard InChI is InChI=1S/C18H27BrN4O3/c1-20-17(23-12-18(5-9-24)6-10-26-13-18)22-8-7-21-16(25)14-3-2-4-15(19)11-14/h2-4,11,24H,5-10,12-13H2,1H3,(H,21,25)(H2,20,22,23). The Bertz CT molecular complexity index is 618. The van der Waals surface area contributed by atoms with Gasteiger partial charge < -0.3 is 25.8 Å². The molecule has 1 atom stereocenters. The van der Waals surface area contributed by atoms with Crippen molar-refractivity contribution in [1.29, 1.82) is 0 Å². The second kappa shape index (κ2) is 10.5. The van der Waals surface area contributed by atoms with Gasteiger partial charge in [0.05, 0.1) is 6.61 Å². The lowest BCUT2D eigenvalue weighted by Gasteiger charge is -2.27. The van der Waals surface area contributed by atoms with Crippen LogP contribution >= 0.6 is 15.9 Å². The van der Waals surface area contributed by atoms with Crippen molar-refractivity contribution < 1.29 is 14.6 Å². The number of amides is 1. The Morgan fingerprint density at radius 2 is 2.15 bits per heavy atom. The van der Waals surface area contributed by atoms with Gasteiger partial charge in [0, 0.05) is 55.3 Å². The second-order valence-electron chi connectivity index (χ2n) is 6.39. The summed E-state index contributed by atoms with van der Waals surface area (Å²) < 4.78 is 6.37. The third-order valence-corrected chi connectivity index (χ3v) is 4.96. The van der Waals surface area contributed by atoms with Crippen molar-refractivity contribution in [1.82, 2.24) is 16.0 Å². The van der Waals surface area contributed by atoms with Gasteiger partial charge in [-0.3, -0.25) is 9.79 Å². The first-order valence-electron chi connectivity index (χ1n) is 8.75. The molecule has 1 heterocycles. The number of nitrogens with one attached hydrogen (secondary N) is 3. The summed E-state index contributed by atoms with van der Waals surface area (Å²) in [5, 5.41) is 18.6. The van der Waals surface area contributed by atoms with Gasteiger partial charge in [-0.1, -0.05) is 22.0 Å². The van der Waals surface area contributed by atoms with Crippen molar-refractivity contribution >= 4 is 27.8 Å². The molecular formula is C18H27BrN4O3. The number of benzene rings is 1. The molecule has 26 heavy (non-hydrogen) atoms. The summed E-state index contributed by atoms with van der Waals surface area (Å²) in [6, 6.07) is 7.27. The number of carbonyl (C=O) groups excluding carboxylic acids is 1. The zero-order valence-electron chi connectivity index (χ0n) is 15.1. The quantitative estimate of drug-likeness (QED) is 0.284. The van der Waals surface area contributed by atoms with Crippen LogP contribution in [0.25, 0.3) is 0 Å². The fourth-order valence-corrected chi connectivity index (χ4v) is 3.29. The van der Waals surface area contributed by atoms with Gasteiger partial charge in [0.15, 0.2) is 5.96 Å². The predicted octanol–water partition coefficient (Wildman–Crippen LogP) is 1.13. The zero-order chi connectivity index (χ0) is 18.8. The van der Waals surface area contributed by atoms with Crippen molar-refractivity contribution in [3.05, 3.63) is 34.3 Å². The summed E-state index contributed by atoms with van der Waals surface area (Å²) in [5.41, 5.74) is 0.579. The largest absolute Gasteiger partial charge is 0.396 e. The molecule has 0 saturated carbocycles. The highest BCUT2D eigenvalue weighted by Gasteiger charge is 2.34. The molecule has 1 aromatic rings. The normalized spacial score (nSPS) is 20.0. The van der Waals surface area contributed by atoms with Gasteiger partial charge in [0.1, 0.15) is 0 Å². The molecule has 144 valence electrons. The number of nitrogens with zero attached hydrogens (tertiary/aromatic N) is 1. The number of aliphatic imine (C=N–C) groups is 1. The van der Waals surface area contributed by atoms with E-state index >= 15 is 0 Å². The monoisotopic (exact) mass is 426 g/mol. The van der Waals surface area contributed by atoms with Crippen molar-refractivity contribution in [2.75, 3.05) is 46.5 Å². The molecule has 1 unspecified atom stereocenters. The topological polar surface area (TPSA) is 95.0 Å². The van der Waals surface area contributed by atoms with E-state index in [1.54, 1.807) is 19.2 Å². The molecule has 4 N–H and O–H groups in total. The minimum absolute atomic E-state index is 0.0404. The molecule has 0 spiro atoms. The Morgan fingerprint density at radius 1 is 1.35 bits per heavy atom. The van der Waals surface area contributed by atoms with Gasteiger partial charge in [-0.25, -0.2) is 0 Å². The van der Waals surface area contributed by atoms with E-state index in [4.69, 9.17) is 4.74 Å². The maximum Gasteiger partial charge on any atom is 0.251 e. The molecule has 1 aromatic carbocycles. The third-order valence-electron chi connectivity index (χ3n) is 4.47. The molecule has 0 radical (unpaired) electrons. The van der Waals surface area contributed by atoms with Crippen LogP contribution < -0.4 is 16.0 Å². The summed E-state index contributed by atoms with van der Waals surface area (Å²) in [5.74, 6) is 0.562. The Hall–Kier alpha value is -1.64. The van der Waals surface area contributed by atoms with Crippen LogP contribution in [0.2, 0.25) is 0 Å². The van der Waals surface area contributed by atoms with Crippen LogP contribution in [0.15, 0.2) is 33.7 Å². The number of ether oxygens (including phenoxy) is 1. The first-order valence-corrected chi connectivity index (χ1v) is 9.55. The molecule has 1 aliphatic heterocycles. The van der Waals surface area contributed by atoms with Crippen molar-refractivity contribution in [2.45, 2.75) is 12.8 Å².